The summed E-state index contributed by atoms with van der Waals surface area (Å²) in [7, 11) is 0. The highest BCUT2D eigenvalue weighted by Gasteiger charge is 2.65. The fraction of sp³-hybridized carbons (Fsp3) is 0.481. The molecule has 2 fully saturated rings. The van der Waals surface area contributed by atoms with Gasteiger partial charge >= 0.3 is 0 Å². The number of nitrogens with zero attached hydrogens (tertiary/aromatic N) is 1. The minimum absolute atomic E-state index is 0.0725. The zero-order valence-corrected chi connectivity index (χ0v) is 17.5. The quantitative estimate of drug-likeness (QED) is 0.642. The van der Waals surface area contributed by atoms with Crippen LogP contribution in [0.5, 0.6) is 0 Å². The van der Waals surface area contributed by atoms with Crippen LogP contribution in [-0.2, 0) is 16.1 Å². The third-order valence-electron chi connectivity index (χ3n) is 9.04. The zero-order valence-electron chi connectivity index (χ0n) is 17.5. The van der Waals surface area contributed by atoms with Crippen molar-refractivity contribution in [3.8, 4) is 0 Å². The first-order valence-corrected chi connectivity index (χ1v) is 11.5. The van der Waals surface area contributed by atoms with Crippen molar-refractivity contribution in [3.63, 3.8) is 0 Å². The van der Waals surface area contributed by atoms with E-state index < -0.39 is 0 Å². The van der Waals surface area contributed by atoms with E-state index in [1.165, 1.54) is 33.4 Å². The average molecular weight is 398 g/mol. The Bertz CT molecular complexity index is 1140. The molecule has 2 bridgehead atoms. The summed E-state index contributed by atoms with van der Waals surface area (Å²) in [4.78, 5) is 16.8. The summed E-state index contributed by atoms with van der Waals surface area (Å²) >= 11 is 0. The number of hydrogen-bond acceptors (Lipinski definition) is 3. The number of benzene rings is 1. The van der Waals surface area contributed by atoms with Crippen LogP contribution in [0.4, 0.5) is 0 Å². The molecule has 3 nitrogen and oxygen atoms in total. The molecule has 3 heteroatoms. The van der Waals surface area contributed by atoms with Crippen molar-refractivity contribution < 1.29 is 9.53 Å². The lowest BCUT2D eigenvalue weighted by molar-refractivity contribution is -0.143. The normalized spacial score (nSPS) is 40.2. The average Bonchev–Trinajstić information content (AvgIpc) is 3.41. The predicted octanol–water partition coefficient (Wildman–Crippen LogP) is 5.34. The number of aliphatic imine (C=N–C) groups is 1. The Hall–Kier alpha value is -2.26. The second-order valence-corrected chi connectivity index (χ2v) is 10.4. The van der Waals surface area contributed by atoms with Crippen LogP contribution < -0.4 is 0 Å². The van der Waals surface area contributed by atoms with Gasteiger partial charge in [0.2, 0.25) is 0 Å². The fourth-order valence-corrected chi connectivity index (χ4v) is 7.52. The lowest BCUT2D eigenvalue weighted by atomic mass is 9.58. The molecule has 1 aromatic rings. The molecular formula is C27H27NO2. The van der Waals surface area contributed by atoms with Gasteiger partial charge in [0.05, 0.1) is 17.7 Å². The van der Waals surface area contributed by atoms with Gasteiger partial charge in [-0.2, -0.15) is 0 Å². The second-order valence-electron chi connectivity index (χ2n) is 10.4. The molecule has 2 spiro atoms. The highest BCUT2D eigenvalue weighted by atomic mass is 16.5. The zero-order chi connectivity index (χ0) is 20.1. The van der Waals surface area contributed by atoms with Crippen LogP contribution in [0.3, 0.4) is 0 Å². The van der Waals surface area contributed by atoms with Crippen molar-refractivity contribution >= 4 is 17.6 Å². The van der Waals surface area contributed by atoms with E-state index in [1.54, 1.807) is 0 Å². The van der Waals surface area contributed by atoms with Gasteiger partial charge in [-0.05, 0) is 71.6 Å². The first kappa shape index (κ1) is 17.4. The molecule has 6 aliphatic rings. The van der Waals surface area contributed by atoms with Crippen molar-refractivity contribution in [2.75, 3.05) is 0 Å². The molecule has 3 aliphatic carbocycles. The molecule has 1 aromatic carbocycles. The van der Waals surface area contributed by atoms with E-state index in [1.807, 2.05) is 6.21 Å². The molecule has 0 amide bonds. The Morgan fingerprint density at radius 1 is 1.17 bits per heavy atom. The molecule has 1 saturated heterocycles. The summed E-state index contributed by atoms with van der Waals surface area (Å²) in [5, 5.41) is 0. The summed E-state index contributed by atoms with van der Waals surface area (Å²) in [6, 6.07) is 6.87. The summed E-state index contributed by atoms with van der Waals surface area (Å²) in [6.45, 7) is 3.26. The molecule has 1 unspecified atom stereocenters. The fourth-order valence-electron chi connectivity index (χ4n) is 7.52. The topological polar surface area (TPSA) is 38.7 Å². The lowest BCUT2D eigenvalue weighted by Crippen LogP contribution is -2.53. The molecule has 7 rings (SSSR count). The largest absolute Gasteiger partial charge is 0.359 e. The molecule has 0 radical (unpaired) electrons. The van der Waals surface area contributed by atoms with Crippen LogP contribution in [-0.4, -0.2) is 23.2 Å². The third kappa shape index (κ3) is 2.00. The van der Waals surface area contributed by atoms with Gasteiger partial charge in [-0.3, -0.25) is 9.79 Å². The van der Waals surface area contributed by atoms with Crippen LogP contribution in [0.15, 0.2) is 52.6 Å². The summed E-state index contributed by atoms with van der Waals surface area (Å²) < 4.78 is 7.08. The highest BCUT2D eigenvalue weighted by Crippen LogP contribution is 2.67. The second kappa shape index (κ2) is 5.50. The van der Waals surface area contributed by atoms with E-state index in [0.29, 0.717) is 24.5 Å². The Kier molecular flexibility index (Phi) is 3.20. The van der Waals surface area contributed by atoms with Gasteiger partial charge in [0.15, 0.2) is 0 Å². The van der Waals surface area contributed by atoms with Gasteiger partial charge in [-0.1, -0.05) is 37.3 Å². The number of rotatable bonds is 1. The number of allylic oxidation sites excluding steroid dienone is 3. The van der Waals surface area contributed by atoms with Crippen molar-refractivity contribution in [1.82, 2.24) is 0 Å². The monoisotopic (exact) mass is 397 g/mol. The molecule has 3 aliphatic heterocycles. The predicted molar refractivity (Wildman–Crippen MR) is 117 cm³/mol. The first-order chi connectivity index (χ1) is 14.5. The minimum atomic E-state index is -0.308. The Morgan fingerprint density at radius 2 is 2.10 bits per heavy atom. The van der Waals surface area contributed by atoms with Gasteiger partial charge in [-0.25, -0.2) is 0 Å². The van der Waals surface area contributed by atoms with Gasteiger partial charge < -0.3 is 4.74 Å². The van der Waals surface area contributed by atoms with Crippen molar-refractivity contribution in [2.24, 2.45) is 16.3 Å². The maximum Gasteiger partial charge on any atom is 0.136 e. The summed E-state index contributed by atoms with van der Waals surface area (Å²) in [5.41, 5.74) is 7.74. The summed E-state index contributed by atoms with van der Waals surface area (Å²) in [5.74, 6) is 0.816. The Labute approximate surface area is 177 Å². The number of carbonyl (C=O) groups excluding carboxylic acids is 1. The minimum Gasteiger partial charge on any atom is -0.359 e. The number of hydrogen-bond donors (Lipinski definition) is 0. The number of carbonyl (C=O) groups is 1. The maximum absolute atomic E-state index is 12.3. The van der Waals surface area contributed by atoms with E-state index in [4.69, 9.17) is 4.74 Å². The lowest BCUT2D eigenvalue weighted by Gasteiger charge is -2.53. The van der Waals surface area contributed by atoms with Crippen LogP contribution in [0, 0.1) is 11.3 Å². The number of ether oxygens (including phenoxy) is 1. The molecule has 0 N–H and O–H groups in total. The van der Waals surface area contributed by atoms with Crippen LogP contribution >= 0.6 is 0 Å². The Morgan fingerprint density at radius 3 is 3.03 bits per heavy atom. The smallest absolute Gasteiger partial charge is 0.136 e. The SMILES string of the molecule is C[C@]12CC=C3C=C4CCC(=O)C[C@]45CCC3(O5)[C@@H]1CC=C2c1ccc2c(c1)C=NC2. The van der Waals surface area contributed by atoms with Gasteiger partial charge in [0.1, 0.15) is 5.78 Å². The van der Waals surface area contributed by atoms with Crippen LogP contribution in [0.25, 0.3) is 5.57 Å². The van der Waals surface area contributed by atoms with Crippen molar-refractivity contribution in [1.29, 1.82) is 0 Å². The highest BCUT2D eigenvalue weighted by molar-refractivity contribution is 5.87. The van der Waals surface area contributed by atoms with E-state index in [0.717, 1.165) is 38.6 Å². The van der Waals surface area contributed by atoms with Crippen LogP contribution in [0.2, 0.25) is 0 Å². The van der Waals surface area contributed by atoms with E-state index in [2.05, 4.69) is 48.3 Å². The van der Waals surface area contributed by atoms with Crippen LogP contribution in [0.1, 0.15) is 68.6 Å². The first-order valence-electron chi connectivity index (χ1n) is 11.5. The summed E-state index contributed by atoms with van der Waals surface area (Å²) in [6.07, 6.45) is 15.7. The molecule has 3 heterocycles. The number of ketones is 1. The number of Topliss-reactive ketones (excluding diaryl/α,β-unsaturated/α-hetero) is 1. The molecule has 4 atom stereocenters. The van der Waals surface area contributed by atoms with E-state index in [9.17, 15) is 4.79 Å². The standard InChI is InChI=1S/C27H27NO2/c1-25-9-8-21-13-20-4-5-22(29)14-26(20)10-11-27(21,30-26)24(25)7-6-23(25)17-2-3-18-15-28-16-19(18)12-17/h2-3,6,8,12-13,16,24H,4-5,7,9-11,14-15H2,1H3/t24-,25-,26-,27?/m1/s1. The van der Waals surface area contributed by atoms with Crippen molar-refractivity contribution in [3.05, 3.63) is 64.3 Å². The van der Waals surface area contributed by atoms with Crippen molar-refractivity contribution in [2.45, 2.75) is 69.6 Å². The molecular weight excluding hydrogens is 370 g/mol. The van der Waals surface area contributed by atoms with Gasteiger partial charge in [0.25, 0.3) is 0 Å². The van der Waals surface area contributed by atoms with Gasteiger partial charge in [-0.15, -0.1) is 0 Å². The molecule has 152 valence electrons. The third-order valence-corrected chi connectivity index (χ3v) is 9.04. The van der Waals surface area contributed by atoms with Gasteiger partial charge in [0, 0.05) is 30.4 Å². The molecule has 30 heavy (non-hydrogen) atoms. The number of fused-ring (bicyclic) bond motifs is 2. The molecule has 1 saturated carbocycles. The van der Waals surface area contributed by atoms with E-state index in [-0.39, 0.29) is 16.6 Å². The maximum atomic E-state index is 12.3. The molecule has 0 aromatic heterocycles. The Balaban J connectivity index is 1.32. The van der Waals surface area contributed by atoms with E-state index >= 15 is 0 Å².